The first-order valence-electron chi connectivity index (χ1n) is 6.65. The maximum Gasteiger partial charge on any atom is 0.224 e. The molecule has 1 aromatic rings. The van der Waals surface area contributed by atoms with Crippen molar-refractivity contribution in [1.82, 2.24) is 0 Å². The Morgan fingerprint density at radius 2 is 2.06 bits per heavy atom. The van der Waals surface area contributed by atoms with Crippen LogP contribution in [0.15, 0.2) is 18.2 Å². The van der Waals surface area contributed by atoms with E-state index in [-0.39, 0.29) is 5.91 Å². The number of carbonyl (C=O) groups excluding carboxylic acids is 1. The summed E-state index contributed by atoms with van der Waals surface area (Å²) >= 11 is 0. The molecular weight excluding hydrogens is 226 g/mol. The van der Waals surface area contributed by atoms with Crippen LogP contribution in [-0.4, -0.2) is 19.0 Å². The molecule has 4 nitrogen and oxygen atoms in total. The second-order valence-corrected chi connectivity index (χ2v) is 4.72. The van der Waals surface area contributed by atoms with Crippen molar-refractivity contribution in [3.8, 4) is 0 Å². The number of hydrogen-bond acceptors (Lipinski definition) is 3. The number of nitrogens with two attached hydrogens (primary N) is 1. The fraction of sp³-hybridized carbons (Fsp3) is 0.500. The molecule has 0 bridgehead atoms. The molecule has 0 aromatic heterocycles. The minimum absolute atomic E-state index is 0.0318. The van der Waals surface area contributed by atoms with Crippen LogP contribution in [0.2, 0.25) is 0 Å². The van der Waals surface area contributed by atoms with Crippen LogP contribution in [0.1, 0.15) is 32.6 Å². The van der Waals surface area contributed by atoms with Crippen molar-refractivity contribution in [1.29, 1.82) is 0 Å². The van der Waals surface area contributed by atoms with Gasteiger partial charge >= 0.3 is 0 Å². The third-order valence-electron chi connectivity index (χ3n) is 3.33. The number of nitrogens with one attached hydrogen (secondary N) is 1. The van der Waals surface area contributed by atoms with E-state index in [1.807, 2.05) is 25.1 Å². The highest BCUT2D eigenvalue weighted by atomic mass is 16.1. The summed E-state index contributed by atoms with van der Waals surface area (Å²) in [7, 11) is 0. The molecule has 1 aromatic carbocycles. The number of nitrogens with zero attached hydrogens (tertiary/aromatic N) is 1. The minimum atomic E-state index is 0.0318. The molecule has 3 N–H and O–H groups in total. The first-order valence-corrected chi connectivity index (χ1v) is 6.65. The molecule has 1 fully saturated rings. The quantitative estimate of drug-likeness (QED) is 0.807. The van der Waals surface area contributed by atoms with Crippen molar-refractivity contribution in [2.45, 2.75) is 32.6 Å². The Bertz CT molecular complexity index is 425. The van der Waals surface area contributed by atoms with Gasteiger partial charge in [0.05, 0.1) is 11.4 Å². The standard InChI is InChI=1S/C14H21N3O/c1-2-14(18)16-11-6-7-12(15)13(10-11)17-8-4-3-5-9-17/h6-7,10H,2-5,8-9,15H2,1H3,(H,16,18). The predicted octanol–water partition coefficient (Wildman–Crippen LogP) is 2.61. The maximum absolute atomic E-state index is 11.4. The first kappa shape index (κ1) is 12.7. The van der Waals surface area contributed by atoms with E-state index in [9.17, 15) is 4.79 Å². The average molecular weight is 247 g/mol. The van der Waals surface area contributed by atoms with Crippen molar-refractivity contribution >= 4 is 23.0 Å². The fourth-order valence-electron chi connectivity index (χ4n) is 2.28. The third-order valence-corrected chi connectivity index (χ3v) is 3.33. The highest BCUT2D eigenvalue weighted by Crippen LogP contribution is 2.29. The summed E-state index contributed by atoms with van der Waals surface area (Å²) < 4.78 is 0. The summed E-state index contributed by atoms with van der Waals surface area (Å²) in [5.41, 5.74) is 8.69. The Hall–Kier alpha value is -1.71. The number of benzene rings is 1. The van der Waals surface area contributed by atoms with E-state index in [1.165, 1.54) is 19.3 Å². The van der Waals surface area contributed by atoms with E-state index >= 15 is 0 Å². The number of anilines is 3. The topological polar surface area (TPSA) is 58.4 Å². The van der Waals surface area contributed by atoms with Gasteiger partial charge in [-0.2, -0.15) is 0 Å². The van der Waals surface area contributed by atoms with Gasteiger partial charge in [-0.15, -0.1) is 0 Å². The molecule has 0 radical (unpaired) electrons. The van der Waals surface area contributed by atoms with E-state index in [1.54, 1.807) is 0 Å². The molecule has 0 atom stereocenters. The van der Waals surface area contributed by atoms with Crippen molar-refractivity contribution in [3.05, 3.63) is 18.2 Å². The Morgan fingerprint density at radius 3 is 2.72 bits per heavy atom. The maximum atomic E-state index is 11.4. The van der Waals surface area contributed by atoms with Gasteiger partial charge in [0.25, 0.3) is 0 Å². The van der Waals surface area contributed by atoms with Crippen LogP contribution in [-0.2, 0) is 4.79 Å². The van der Waals surface area contributed by atoms with E-state index in [0.29, 0.717) is 6.42 Å². The Kier molecular flexibility index (Phi) is 4.07. The van der Waals surface area contributed by atoms with E-state index in [0.717, 1.165) is 30.2 Å². The minimum Gasteiger partial charge on any atom is -0.397 e. The Labute approximate surface area is 108 Å². The Morgan fingerprint density at radius 1 is 1.33 bits per heavy atom. The number of hydrogen-bond donors (Lipinski definition) is 2. The largest absolute Gasteiger partial charge is 0.397 e. The van der Waals surface area contributed by atoms with E-state index in [2.05, 4.69) is 10.2 Å². The average Bonchev–Trinajstić information content (AvgIpc) is 2.42. The predicted molar refractivity (Wildman–Crippen MR) is 75.8 cm³/mol. The van der Waals surface area contributed by atoms with E-state index < -0.39 is 0 Å². The molecule has 0 saturated carbocycles. The first-order chi connectivity index (χ1) is 8.70. The lowest BCUT2D eigenvalue weighted by molar-refractivity contribution is -0.115. The molecule has 1 saturated heterocycles. The number of carbonyl (C=O) groups is 1. The molecule has 18 heavy (non-hydrogen) atoms. The molecule has 4 heteroatoms. The van der Waals surface area contributed by atoms with Crippen LogP contribution >= 0.6 is 0 Å². The number of rotatable bonds is 3. The van der Waals surface area contributed by atoms with Crippen LogP contribution in [0.3, 0.4) is 0 Å². The molecule has 1 heterocycles. The highest BCUT2D eigenvalue weighted by molar-refractivity contribution is 5.91. The normalized spacial score (nSPS) is 15.5. The van der Waals surface area contributed by atoms with Gasteiger partial charge in [0, 0.05) is 25.2 Å². The second-order valence-electron chi connectivity index (χ2n) is 4.72. The summed E-state index contributed by atoms with van der Waals surface area (Å²) in [6.45, 7) is 3.95. The Balaban J connectivity index is 2.17. The third kappa shape index (κ3) is 2.94. The zero-order valence-corrected chi connectivity index (χ0v) is 10.9. The van der Waals surface area contributed by atoms with Crippen molar-refractivity contribution in [2.24, 2.45) is 0 Å². The molecule has 1 aliphatic rings. The summed E-state index contributed by atoms with van der Waals surface area (Å²) in [5, 5.41) is 2.88. The van der Waals surface area contributed by atoms with Gasteiger partial charge in [-0.3, -0.25) is 4.79 Å². The molecular formula is C14H21N3O. The van der Waals surface area contributed by atoms with Crippen LogP contribution < -0.4 is 16.0 Å². The highest BCUT2D eigenvalue weighted by Gasteiger charge is 2.14. The van der Waals surface area contributed by atoms with Crippen LogP contribution in [0.5, 0.6) is 0 Å². The SMILES string of the molecule is CCC(=O)Nc1ccc(N)c(N2CCCCC2)c1. The van der Waals surface area contributed by atoms with Crippen LogP contribution in [0, 0.1) is 0 Å². The van der Waals surface area contributed by atoms with Gasteiger partial charge in [0.1, 0.15) is 0 Å². The lowest BCUT2D eigenvalue weighted by Crippen LogP contribution is -2.30. The molecule has 1 aliphatic heterocycles. The molecule has 1 amide bonds. The summed E-state index contributed by atoms with van der Waals surface area (Å²) in [6.07, 6.45) is 4.21. The number of nitrogen functional groups attached to an aromatic ring is 1. The molecule has 0 aliphatic carbocycles. The van der Waals surface area contributed by atoms with Gasteiger partial charge in [-0.05, 0) is 37.5 Å². The lowest BCUT2D eigenvalue weighted by Gasteiger charge is -2.30. The summed E-state index contributed by atoms with van der Waals surface area (Å²) in [5.74, 6) is 0.0318. The van der Waals surface area contributed by atoms with Crippen molar-refractivity contribution < 1.29 is 4.79 Å². The molecule has 0 unspecified atom stereocenters. The monoisotopic (exact) mass is 247 g/mol. The van der Waals surface area contributed by atoms with Crippen LogP contribution in [0.4, 0.5) is 17.1 Å². The van der Waals surface area contributed by atoms with Gasteiger partial charge in [0.15, 0.2) is 0 Å². The van der Waals surface area contributed by atoms with Gasteiger partial charge in [-0.1, -0.05) is 6.92 Å². The second kappa shape index (κ2) is 5.76. The van der Waals surface area contributed by atoms with Gasteiger partial charge in [-0.25, -0.2) is 0 Å². The van der Waals surface area contributed by atoms with E-state index in [4.69, 9.17) is 5.73 Å². The zero-order chi connectivity index (χ0) is 13.0. The molecule has 2 rings (SSSR count). The smallest absolute Gasteiger partial charge is 0.224 e. The van der Waals surface area contributed by atoms with Crippen molar-refractivity contribution in [2.75, 3.05) is 29.0 Å². The summed E-state index contributed by atoms with van der Waals surface area (Å²) in [6, 6.07) is 5.71. The lowest BCUT2D eigenvalue weighted by atomic mass is 10.1. The van der Waals surface area contributed by atoms with Crippen molar-refractivity contribution in [3.63, 3.8) is 0 Å². The van der Waals surface area contributed by atoms with Gasteiger partial charge < -0.3 is 16.0 Å². The zero-order valence-electron chi connectivity index (χ0n) is 10.9. The summed E-state index contributed by atoms with van der Waals surface area (Å²) in [4.78, 5) is 13.7. The van der Waals surface area contributed by atoms with Crippen LogP contribution in [0.25, 0.3) is 0 Å². The van der Waals surface area contributed by atoms with Gasteiger partial charge in [0.2, 0.25) is 5.91 Å². The fourth-order valence-corrected chi connectivity index (χ4v) is 2.28. The molecule has 0 spiro atoms. The number of piperidine rings is 1. The molecule has 98 valence electrons. The number of amides is 1.